The molecule has 0 radical (unpaired) electrons. The molecule has 5 nitrogen and oxygen atoms in total. The summed E-state index contributed by atoms with van der Waals surface area (Å²) in [6, 6.07) is 7.70. The summed E-state index contributed by atoms with van der Waals surface area (Å²) in [6.07, 6.45) is 1.57. The quantitative estimate of drug-likeness (QED) is 0.780. The highest BCUT2D eigenvalue weighted by molar-refractivity contribution is 5.95. The predicted molar refractivity (Wildman–Crippen MR) is 61.2 cm³/mol. The minimum atomic E-state index is -0.622. The second-order valence-electron chi connectivity index (χ2n) is 3.58. The van der Waals surface area contributed by atoms with Crippen LogP contribution in [0.5, 0.6) is 0 Å². The second-order valence-corrected chi connectivity index (χ2v) is 3.58. The molecule has 2 rings (SSSR count). The van der Waals surface area contributed by atoms with Gasteiger partial charge >= 0.3 is 0 Å². The fourth-order valence-corrected chi connectivity index (χ4v) is 1.41. The van der Waals surface area contributed by atoms with Crippen molar-refractivity contribution in [3.63, 3.8) is 0 Å². The number of amides is 1. The lowest BCUT2D eigenvalue weighted by molar-refractivity contribution is 0.0996. The zero-order valence-electron chi connectivity index (χ0n) is 8.84. The number of hydrogen-bond acceptors (Lipinski definition) is 3. The van der Waals surface area contributed by atoms with E-state index in [1.54, 1.807) is 6.20 Å². The van der Waals surface area contributed by atoms with Crippen LogP contribution in [-0.4, -0.2) is 15.7 Å². The van der Waals surface area contributed by atoms with Gasteiger partial charge in [-0.05, 0) is 19.1 Å². The van der Waals surface area contributed by atoms with Gasteiger partial charge in [0.2, 0.25) is 0 Å². The highest BCUT2D eigenvalue weighted by atomic mass is 16.1. The summed E-state index contributed by atoms with van der Waals surface area (Å²) in [5.41, 5.74) is 13.1. The van der Waals surface area contributed by atoms with Crippen molar-refractivity contribution in [1.82, 2.24) is 9.78 Å². The van der Waals surface area contributed by atoms with Gasteiger partial charge in [0.15, 0.2) is 5.69 Å². The molecule has 0 atom stereocenters. The van der Waals surface area contributed by atoms with E-state index >= 15 is 0 Å². The molecule has 0 saturated carbocycles. The molecule has 0 saturated heterocycles. The van der Waals surface area contributed by atoms with Crippen LogP contribution in [0.1, 0.15) is 16.1 Å². The van der Waals surface area contributed by atoms with Crippen LogP contribution in [-0.2, 0) is 0 Å². The van der Waals surface area contributed by atoms with E-state index < -0.39 is 5.91 Å². The Hall–Kier alpha value is -2.30. The lowest BCUT2D eigenvalue weighted by Crippen LogP contribution is -2.13. The molecule has 0 aliphatic carbocycles. The first-order chi connectivity index (χ1) is 7.58. The van der Waals surface area contributed by atoms with Crippen molar-refractivity contribution >= 4 is 11.6 Å². The Labute approximate surface area is 92.7 Å². The third kappa shape index (κ3) is 1.75. The van der Waals surface area contributed by atoms with E-state index in [-0.39, 0.29) is 11.4 Å². The standard InChI is InChI=1S/C11H12N4O/c1-7-2-4-8(5-3-7)15-6-9(12)10(14-15)11(13)16/h2-6H,12H2,1H3,(H2,13,16). The molecule has 4 N–H and O–H groups in total. The maximum absolute atomic E-state index is 11.0. The van der Waals surface area contributed by atoms with E-state index in [1.807, 2.05) is 31.2 Å². The molecule has 0 unspecified atom stereocenters. The van der Waals surface area contributed by atoms with E-state index in [1.165, 1.54) is 4.68 Å². The molecule has 0 fully saturated rings. The Morgan fingerprint density at radius 1 is 1.31 bits per heavy atom. The Bertz CT molecular complexity index is 527. The number of aryl methyl sites for hydroxylation is 1. The van der Waals surface area contributed by atoms with Crippen LogP contribution in [0, 0.1) is 6.92 Å². The van der Waals surface area contributed by atoms with Gasteiger partial charge in [0.1, 0.15) is 0 Å². The molecule has 1 aromatic heterocycles. The lowest BCUT2D eigenvalue weighted by atomic mass is 10.2. The van der Waals surface area contributed by atoms with Crippen molar-refractivity contribution in [1.29, 1.82) is 0 Å². The number of anilines is 1. The summed E-state index contributed by atoms with van der Waals surface area (Å²) in [6.45, 7) is 2.00. The SMILES string of the molecule is Cc1ccc(-n2cc(N)c(C(N)=O)n2)cc1. The first-order valence-corrected chi connectivity index (χ1v) is 4.80. The van der Waals surface area contributed by atoms with Crippen LogP contribution in [0.25, 0.3) is 5.69 Å². The van der Waals surface area contributed by atoms with Crippen molar-refractivity contribution in [2.24, 2.45) is 5.73 Å². The van der Waals surface area contributed by atoms with Gasteiger partial charge in [-0.3, -0.25) is 4.79 Å². The number of nitrogens with two attached hydrogens (primary N) is 2. The number of aromatic nitrogens is 2. The average molecular weight is 216 g/mol. The van der Waals surface area contributed by atoms with Gasteiger partial charge in [-0.1, -0.05) is 17.7 Å². The van der Waals surface area contributed by atoms with E-state index in [2.05, 4.69) is 5.10 Å². The van der Waals surface area contributed by atoms with E-state index in [0.29, 0.717) is 0 Å². The Balaban J connectivity index is 2.45. The number of primary amides is 1. The van der Waals surface area contributed by atoms with Crippen LogP contribution < -0.4 is 11.5 Å². The monoisotopic (exact) mass is 216 g/mol. The fraction of sp³-hybridized carbons (Fsp3) is 0.0909. The summed E-state index contributed by atoms with van der Waals surface area (Å²) in [5, 5.41) is 4.03. The predicted octanol–water partition coefficient (Wildman–Crippen LogP) is 0.862. The number of nitrogens with zero attached hydrogens (tertiary/aromatic N) is 2. The maximum atomic E-state index is 11.0. The number of nitrogen functional groups attached to an aromatic ring is 1. The molecule has 0 spiro atoms. The molecule has 1 amide bonds. The number of carbonyl (C=O) groups excluding carboxylic acids is 1. The van der Waals surface area contributed by atoms with Crippen molar-refractivity contribution < 1.29 is 4.79 Å². The summed E-state index contributed by atoms with van der Waals surface area (Å²) in [5.74, 6) is -0.622. The van der Waals surface area contributed by atoms with Gasteiger partial charge in [-0.25, -0.2) is 4.68 Å². The minimum absolute atomic E-state index is 0.0978. The fourth-order valence-electron chi connectivity index (χ4n) is 1.41. The van der Waals surface area contributed by atoms with Crippen LogP contribution in [0.3, 0.4) is 0 Å². The van der Waals surface area contributed by atoms with Gasteiger partial charge in [0.05, 0.1) is 17.6 Å². The van der Waals surface area contributed by atoms with Crippen molar-refractivity contribution in [2.75, 3.05) is 5.73 Å². The Morgan fingerprint density at radius 3 is 2.44 bits per heavy atom. The molecule has 2 aromatic rings. The van der Waals surface area contributed by atoms with Crippen molar-refractivity contribution in [3.8, 4) is 5.69 Å². The number of carbonyl (C=O) groups is 1. The molecular formula is C11H12N4O. The molecule has 5 heteroatoms. The first-order valence-electron chi connectivity index (χ1n) is 4.80. The van der Waals surface area contributed by atoms with Crippen LogP contribution >= 0.6 is 0 Å². The van der Waals surface area contributed by atoms with Gasteiger partial charge in [0.25, 0.3) is 5.91 Å². The second kappa shape index (κ2) is 3.69. The summed E-state index contributed by atoms with van der Waals surface area (Å²) in [7, 11) is 0. The molecule has 0 aliphatic rings. The van der Waals surface area contributed by atoms with Gasteiger partial charge in [0, 0.05) is 0 Å². The van der Waals surface area contributed by atoms with E-state index in [0.717, 1.165) is 11.3 Å². The summed E-state index contributed by atoms with van der Waals surface area (Å²) in [4.78, 5) is 11.0. The van der Waals surface area contributed by atoms with Gasteiger partial charge in [-0.15, -0.1) is 0 Å². The van der Waals surface area contributed by atoms with Crippen molar-refractivity contribution in [2.45, 2.75) is 6.92 Å². The highest BCUT2D eigenvalue weighted by Gasteiger charge is 2.11. The van der Waals surface area contributed by atoms with Crippen LogP contribution in [0.4, 0.5) is 5.69 Å². The molecule has 16 heavy (non-hydrogen) atoms. The molecule has 1 heterocycles. The maximum Gasteiger partial charge on any atom is 0.271 e. The Morgan fingerprint density at radius 2 is 1.94 bits per heavy atom. The van der Waals surface area contributed by atoms with Crippen molar-refractivity contribution in [3.05, 3.63) is 41.7 Å². The van der Waals surface area contributed by atoms with E-state index in [9.17, 15) is 4.79 Å². The largest absolute Gasteiger partial charge is 0.396 e. The van der Waals surface area contributed by atoms with Gasteiger partial charge < -0.3 is 11.5 Å². The zero-order valence-corrected chi connectivity index (χ0v) is 8.84. The topological polar surface area (TPSA) is 86.9 Å². The number of benzene rings is 1. The van der Waals surface area contributed by atoms with Crippen LogP contribution in [0.15, 0.2) is 30.5 Å². The van der Waals surface area contributed by atoms with E-state index in [4.69, 9.17) is 11.5 Å². The first kappa shape index (κ1) is 10.2. The zero-order chi connectivity index (χ0) is 11.7. The molecule has 82 valence electrons. The molecule has 0 bridgehead atoms. The average Bonchev–Trinajstić information content (AvgIpc) is 2.61. The highest BCUT2D eigenvalue weighted by Crippen LogP contribution is 2.14. The smallest absolute Gasteiger partial charge is 0.271 e. The Kier molecular flexibility index (Phi) is 2.36. The lowest BCUT2D eigenvalue weighted by Gasteiger charge is -2.00. The third-order valence-electron chi connectivity index (χ3n) is 2.27. The number of hydrogen-bond donors (Lipinski definition) is 2. The van der Waals surface area contributed by atoms with Gasteiger partial charge in [-0.2, -0.15) is 5.10 Å². The third-order valence-corrected chi connectivity index (χ3v) is 2.27. The summed E-state index contributed by atoms with van der Waals surface area (Å²) < 4.78 is 1.54. The van der Waals surface area contributed by atoms with Crippen LogP contribution in [0.2, 0.25) is 0 Å². The molecule has 1 aromatic carbocycles. The normalized spacial score (nSPS) is 10.3. The molecule has 0 aliphatic heterocycles. The minimum Gasteiger partial charge on any atom is -0.396 e. The number of rotatable bonds is 2. The summed E-state index contributed by atoms with van der Waals surface area (Å²) >= 11 is 0. The molecular weight excluding hydrogens is 204 g/mol.